The second-order valence-electron chi connectivity index (χ2n) is 3.40. The number of alkyl carbamates (subject to hydrolysis) is 1. The monoisotopic (exact) mass is 242 g/mol. The highest BCUT2D eigenvalue weighted by Gasteiger charge is 2.20. The van der Waals surface area contributed by atoms with Gasteiger partial charge in [0.1, 0.15) is 6.04 Å². The molecular weight excluding hydrogens is 228 g/mol. The van der Waals surface area contributed by atoms with Crippen molar-refractivity contribution in [1.29, 1.82) is 0 Å². The van der Waals surface area contributed by atoms with Crippen LogP contribution in [0.3, 0.4) is 0 Å². The zero-order valence-corrected chi connectivity index (χ0v) is 9.84. The molecule has 8 heteroatoms. The zero-order valence-electron chi connectivity index (χ0n) is 9.84. The lowest BCUT2D eigenvalue weighted by atomic mass is 10.3. The van der Waals surface area contributed by atoms with Crippen molar-refractivity contribution in [3.8, 4) is 0 Å². The third-order valence-corrected chi connectivity index (χ3v) is 2.05. The summed E-state index contributed by atoms with van der Waals surface area (Å²) in [6.45, 7) is 1.77. The Hall–Kier alpha value is -2.12. The van der Waals surface area contributed by atoms with Gasteiger partial charge in [-0.2, -0.15) is 4.98 Å². The molecule has 1 aromatic heterocycles. The summed E-state index contributed by atoms with van der Waals surface area (Å²) in [5, 5.41) is 5.96. The van der Waals surface area contributed by atoms with E-state index in [1.54, 1.807) is 14.0 Å². The first-order chi connectivity index (χ1) is 8.04. The maximum absolute atomic E-state index is 11.8. The molecule has 0 unspecified atom stereocenters. The van der Waals surface area contributed by atoms with E-state index in [9.17, 15) is 9.59 Å². The summed E-state index contributed by atoms with van der Waals surface area (Å²) in [7, 11) is 2.81. The van der Waals surface area contributed by atoms with Crippen LogP contribution in [-0.4, -0.2) is 47.2 Å². The van der Waals surface area contributed by atoms with Crippen LogP contribution >= 0.6 is 0 Å². The summed E-state index contributed by atoms with van der Waals surface area (Å²) in [6.07, 6.45) is 0.530. The predicted octanol–water partition coefficient (Wildman–Crippen LogP) is -0.228. The topological polar surface area (TPSA) is 97.6 Å². The third-order valence-electron chi connectivity index (χ3n) is 2.05. The summed E-state index contributed by atoms with van der Waals surface area (Å²) in [6, 6.07) is -0.681. The molecule has 0 aliphatic rings. The van der Waals surface area contributed by atoms with E-state index in [1.165, 1.54) is 18.4 Å². The lowest BCUT2D eigenvalue weighted by molar-refractivity contribution is -0.132. The van der Waals surface area contributed by atoms with Crippen molar-refractivity contribution in [3.05, 3.63) is 12.2 Å². The van der Waals surface area contributed by atoms with Crippen molar-refractivity contribution in [2.24, 2.45) is 0 Å². The van der Waals surface area contributed by atoms with Crippen LogP contribution in [0.4, 0.5) is 4.79 Å². The summed E-state index contributed by atoms with van der Waals surface area (Å²) in [5.41, 5.74) is 0. The van der Waals surface area contributed by atoms with Crippen molar-refractivity contribution < 1.29 is 18.8 Å². The highest BCUT2D eigenvalue weighted by molar-refractivity contribution is 5.84. The van der Waals surface area contributed by atoms with Crippen LogP contribution in [0.2, 0.25) is 0 Å². The smallest absolute Gasteiger partial charge is 0.407 e. The molecule has 0 aliphatic carbocycles. The quantitative estimate of drug-likeness (QED) is 0.783. The van der Waals surface area contributed by atoms with Gasteiger partial charge < -0.3 is 19.5 Å². The van der Waals surface area contributed by atoms with E-state index in [4.69, 9.17) is 0 Å². The number of aromatic nitrogens is 2. The summed E-state index contributed by atoms with van der Waals surface area (Å²) >= 11 is 0. The molecule has 0 saturated heterocycles. The van der Waals surface area contributed by atoms with Crippen LogP contribution in [0.5, 0.6) is 0 Å². The number of nitrogens with zero attached hydrogens (tertiary/aromatic N) is 3. The lowest BCUT2D eigenvalue weighted by Crippen LogP contribution is -2.45. The predicted molar refractivity (Wildman–Crippen MR) is 55.8 cm³/mol. The molecule has 8 nitrogen and oxygen atoms in total. The third kappa shape index (κ3) is 3.74. The van der Waals surface area contributed by atoms with Gasteiger partial charge in [0.15, 0.2) is 5.82 Å². The second-order valence-corrected chi connectivity index (χ2v) is 3.40. The molecule has 0 fully saturated rings. The van der Waals surface area contributed by atoms with Gasteiger partial charge in [-0.15, -0.1) is 0 Å². The molecule has 2 amide bonds. The Morgan fingerprint density at radius 1 is 1.65 bits per heavy atom. The van der Waals surface area contributed by atoms with Gasteiger partial charge in [0.05, 0.1) is 13.7 Å². The second kappa shape index (κ2) is 5.83. The van der Waals surface area contributed by atoms with Crippen molar-refractivity contribution in [2.45, 2.75) is 19.5 Å². The van der Waals surface area contributed by atoms with Crippen molar-refractivity contribution in [2.75, 3.05) is 14.2 Å². The van der Waals surface area contributed by atoms with Crippen molar-refractivity contribution >= 4 is 12.0 Å². The number of methoxy groups -OCH3 is 1. The Morgan fingerprint density at radius 2 is 2.35 bits per heavy atom. The Balaban J connectivity index is 2.48. The number of likely N-dealkylation sites (N-methyl/N-ethyl adjacent to an activating group) is 1. The molecule has 0 saturated carbocycles. The largest absolute Gasteiger partial charge is 0.453 e. The van der Waals surface area contributed by atoms with Gasteiger partial charge in [-0.3, -0.25) is 4.79 Å². The fourth-order valence-electron chi connectivity index (χ4n) is 1.18. The average Bonchev–Trinajstić information content (AvgIpc) is 2.80. The molecule has 0 bridgehead atoms. The number of hydrogen-bond donors (Lipinski definition) is 1. The first-order valence-corrected chi connectivity index (χ1v) is 4.89. The summed E-state index contributed by atoms with van der Waals surface area (Å²) < 4.78 is 8.94. The Labute approximate surface area is 97.9 Å². The van der Waals surface area contributed by atoms with E-state index in [2.05, 4.69) is 24.7 Å². The average molecular weight is 242 g/mol. The van der Waals surface area contributed by atoms with Gasteiger partial charge in [-0.1, -0.05) is 5.16 Å². The standard InChI is InChI=1S/C9H14N4O4/c1-6(11-9(15)16-3)8(14)13(2)4-7-10-5-17-12-7/h5-6H,4H2,1-3H3,(H,11,15)/t6-/m0/s1. The summed E-state index contributed by atoms with van der Waals surface area (Å²) in [5.74, 6) is 0.117. The fraction of sp³-hybridized carbons (Fsp3) is 0.556. The maximum atomic E-state index is 11.8. The van der Waals surface area contributed by atoms with E-state index in [1.807, 2.05) is 0 Å². The minimum absolute atomic E-state index is 0.211. The highest BCUT2D eigenvalue weighted by Crippen LogP contribution is 1.99. The Kier molecular flexibility index (Phi) is 4.44. The normalized spacial score (nSPS) is 11.7. The molecule has 1 heterocycles. The van der Waals surface area contributed by atoms with E-state index < -0.39 is 12.1 Å². The van der Waals surface area contributed by atoms with Gasteiger partial charge >= 0.3 is 6.09 Å². The Bertz CT molecular complexity index is 378. The first kappa shape index (κ1) is 12.9. The van der Waals surface area contributed by atoms with Crippen LogP contribution in [0.15, 0.2) is 10.9 Å². The van der Waals surface area contributed by atoms with Gasteiger partial charge in [-0.05, 0) is 6.92 Å². The van der Waals surface area contributed by atoms with Crippen LogP contribution in [0.25, 0.3) is 0 Å². The van der Waals surface area contributed by atoms with Crippen LogP contribution < -0.4 is 5.32 Å². The molecule has 1 rings (SSSR count). The molecule has 0 aromatic carbocycles. The van der Waals surface area contributed by atoms with E-state index in [0.29, 0.717) is 5.82 Å². The lowest BCUT2D eigenvalue weighted by Gasteiger charge is -2.20. The van der Waals surface area contributed by atoms with Gasteiger partial charge in [-0.25, -0.2) is 4.79 Å². The number of carbonyl (C=O) groups excluding carboxylic acids is 2. The number of rotatable bonds is 4. The van der Waals surface area contributed by atoms with Crippen LogP contribution in [0, 0.1) is 0 Å². The minimum atomic E-state index is -0.681. The number of ether oxygens (including phenoxy) is 1. The molecule has 94 valence electrons. The number of hydrogen-bond acceptors (Lipinski definition) is 6. The Morgan fingerprint density at radius 3 is 2.88 bits per heavy atom. The number of nitrogens with one attached hydrogen (secondary N) is 1. The van der Waals surface area contributed by atoms with Crippen LogP contribution in [0.1, 0.15) is 12.7 Å². The first-order valence-electron chi connectivity index (χ1n) is 4.89. The maximum Gasteiger partial charge on any atom is 0.407 e. The molecule has 1 N–H and O–H groups in total. The van der Waals surface area contributed by atoms with Gasteiger partial charge in [0.25, 0.3) is 0 Å². The molecule has 17 heavy (non-hydrogen) atoms. The molecule has 0 radical (unpaired) electrons. The number of amides is 2. The number of carbonyl (C=O) groups is 2. The SMILES string of the molecule is COC(=O)N[C@@H](C)C(=O)N(C)Cc1ncon1. The molecule has 1 atom stereocenters. The van der Waals surface area contributed by atoms with Gasteiger partial charge in [0.2, 0.25) is 12.3 Å². The molecule has 0 spiro atoms. The molecular formula is C9H14N4O4. The summed E-state index contributed by atoms with van der Waals surface area (Å²) in [4.78, 5) is 27.9. The van der Waals surface area contributed by atoms with Crippen LogP contribution in [-0.2, 0) is 16.1 Å². The highest BCUT2D eigenvalue weighted by atomic mass is 16.5. The minimum Gasteiger partial charge on any atom is -0.453 e. The van der Waals surface area contributed by atoms with E-state index >= 15 is 0 Å². The zero-order chi connectivity index (χ0) is 12.8. The van der Waals surface area contributed by atoms with E-state index in [-0.39, 0.29) is 12.5 Å². The van der Waals surface area contributed by atoms with Gasteiger partial charge in [0, 0.05) is 7.05 Å². The van der Waals surface area contributed by atoms with E-state index in [0.717, 1.165) is 0 Å². The molecule has 0 aliphatic heterocycles. The van der Waals surface area contributed by atoms with Crippen molar-refractivity contribution in [3.63, 3.8) is 0 Å². The molecule has 1 aromatic rings. The fourth-order valence-corrected chi connectivity index (χ4v) is 1.18. The van der Waals surface area contributed by atoms with Crippen molar-refractivity contribution in [1.82, 2.24) is 20.4 Å².